The van der Waals surface area contributed by atoms with Gasteiger partial charge < -0.3 is 4.90 Å². The Morgan fingerprint density at radius 3 is 2.60 bits per heavy atom. The molecule has 15 heavy (non-hydrogen) atoms. The highest BCUT2D eigenvalue weighted by molar-refractivity contribution is 5.84. The predicted molar refractivity (Wildman–Crippen MR) is 63.5 cm³/mol. The molecule has 0 unspecified atom stereocenters. The zero-order chi connectivity index (χ0) is 11.1. The second kappa shape index (κ2) is 6.86. The highest BCUT2D eigenvalue weighted by atomic mass is 16.2. The number of carbonyl (C=O) groups excluding carboxylic acids is 1. The zero-order valence-electron chi connectivity index (χ0n) is 10.2. The highest BCUT2D eigenvalue weighted by Gasteiger charge is 2.21. The van der Waals surface area contributed by atoms with Crippen molar-refractivity contribution in [1.82, 2.24) is 4.90 Å². The minimum absolute atomic E-state index is 0.232. The molecule has 1 saturated carbocycles. The van der Waals surface area contributed by atoms with Gasteiger partial charge in [0.25, 0.3) is 0 Å². The quantitative estimate of drug-likeness (QED) is 0.638. The van der Waals surface area contributed by atoms with E-state index in [9.17, 15) is 4.79 Å². The van der Waals surface area contributed by atoms with E-state index in [1.165, 1.54) is 32.1 Å². The van der Waals surface area contributed by atoms with Gasteiger partial charge in [-0.05, 0) is 19.3 Å². The van der Waals surface area contributed by atoms with Crippen molar-refractivity contribution in [3.05, 3.63) is 6.42 Å². The van der Waals surface area contributed by atoms with Crippen molar-refractivity contribution in [1.29, 1.82) is 0 Å². The van der Waals surface area contributed by atoms with E-state index in [2.05, 4.69) is 6.92 Å². The van der Waals surface area contributed by atoms with Crippen LogP contribution in [0, 0.1) is 6.42 Å². The maximum absolute atomic E-state index is 11.8. The lowest BCUT2D eigenvalue weighted by Gasteiger charge is -2.31. The van der Waals surface area contributed by atoms with Crippen LogP contribution in [0.5, 0.6) is 0 Å². The molecule has 0 spiro atoms. The van der Waals surface area contributed by atoms with E-state index >= 15 is 0 Å². The van der Waals surface area contributed by atoms with E-state index in [0.29, 0.717) is 6.04 Å². The molecular formula is C13H24NO. The van der Waals surface area contributed by atoms with Crippen LogP contribution < -0.4 is 0 Å². The SMILES string of the molecule is CCCC[CH]C(=O)N(C)C1CCCCC1. The Kier molecular flexibility index (Phi) is 5.74. The molecule has 0 aromatic carbocycles. The summed E-state index contributed by atoms with van der Waals surface area (Å²) in [6.45, 7) is 2.16. The van der Waals surface area contributed by atoms with Gasteiger partial charge in [-0.25, -0.2) is 0 Å². The topological polar surface area (TPSA) is 20.3 Å². The minimum atomic E-state index is 0.232. The Labute approximate surface area is 94.0 Å². The number of hydrogen-bond acceptors (Lipinski definition) is 1. The van der Waals surface area contributed by atoms with Crippen LogP contribution in [0.25, 0.3) is 0 Å². The molecule has 1 aliphatic carbocycles. The fraction of sp³-hybridized carbons (Fsp3) is 0.846. The van der Waals surface area contributed by atoms with Crippen molar-refractivity contribution in [2.45, 2.75) is 64.3 Å². The molecule has 1 aliphatic rings. The molecule has 0 bridgehead atoms. The van der Waals surface area contributed by atoms with Crippen molar-refractivity contribution in [3.63, 3.8) is 0 Å². The molecule has 0 atom stereocenters. The molecule has 0 saturated heterocycles. The number of carbonyl (C=O) groups is 1. The summed E-state index contributed by atoms with van der Waals surface area (Å²) in [7, 11) is 1.96. The van der Waals surface area contributed by atoms with Gasteiger partial charge in [0.05, 0.1) is 0 Å². The normalized spacial score (nSPS) is 17.7. The van der Waals surface area contributed by atoms with Crippen LogP contribution >= 0.6 is 0 Å². The summed E-state index contributed by atoms with van der Waals surface area (Å²) in [5.41, 5.74) is 0. The van der Waals surface area contributed by atoms with Crippen LogP contribution in [-0.2, 0) is 4.79 Å². The first-order valence-electron chi connectivity index (χ1n) is 6.35. The maximum Gasteiger partial charge on any atom is 0.226 e. The van der Waals surface area contributed by atoms with E-state index < -0.39 is 0 Å². The predicted octanol–water partition coefficient (Wildman–Crippen LogP) is 3.17. The minimum Gasteiger partial charge on any atom is -0.343 e. The molecule has 0 N–H and O–H groups in total. The number of rotatable bonds is 5. The zero-order valence-corrected chi connectivity index (χ0v) is 10.2. The lowest BCUT2D eigenvalue weighted by Crippen LogP contribution is -2.38. The van der Waals surface area contributed by atoms with Crippen molar-refractivity contribution in [3.8, 4) is 0 Å². The van der Waals surface area contributed by atoms with Gasteiger partial charge in [0.15, 0.2) is 0 Å². The van der Waals surface area contributed by atoms with Crippen LogP contribution in [0.3, 0.4) is 0 Å². The van der Waals surface area contributed by atoms with E-state index in [1.807, 2.05) is 18.4 Å². The van der Waals surface area contributed by atoms with Gasteiger partial charge in [0, 0.05) is 19.5 Å². The summed E-state index contributed by atoms with van der Waals surface area (Å²) in [5.74, 6) is 0.232. The van der Waals surface area contributed by atoms with Gasteiger partial charge in [-0.15, -0.1) is 0 Å². The fourth-order valence-electron chi connectivity index (χ4n) is 2.22. The Morgan fingerprint density at radius 1 is 1.33 bits per heavy atom. The molecule has 0 aromatic heterocycles. The second-order valence-corrected chi connectivity index (χ2v) is 4.59. The first-order valence-corrected chi connectivity index (χ1v) is 6.35. The molecule has 2 nitrogen and oxygen atoms in total. The highest BCUT2D eigenvalue weighted by Crippen LogP contribution is 2.22. The summed E-state index contributed by atoms with van der Waals surface area (Å²) in [4.78, 5) is 13.7. The Morgan fingerprint density at radius 2 is 2.00 bits per heavy atom. The average molecular weight is 210 g/mol. The molecule has 1 rings (SSSR count). The van der Waals surface area contributed by atoms with Crippen molar-refractivity contribution < 1.29 is 4.79 Å². The third-order valence-corrected chi connectivity index (χ3v) is 3.35. The van der Waals surface area contributed by atoms with Crippen LogP contribution in [0.2, 0.25) is 0 Å². The molecule has 2 heteroatoms. The molecule has 0 aliphatic heterocycles. The van der Waals surface area contributed by atoms with Crippen LogP contribution in [0.4, 0.5) is 0 Å². The van der Waals surface area contributed by atoms with Crippen LogP contribution in [0.15, 0.2) is 0 Å². The summed E-state index contributed by atoms with van der Waals surface area (Å²) in [6.07, 6.45) is 11.4. The molecule has 1 fully saturated rings. The molecule has 1 amide bonds. The number of unbranched alkanes of at least 4 members (excludes halogenated alkanes) is 2. The molecular weight excluding hydrogens is 186 g/mol. The number of amides is 1. The van der Waals surface area contributed by atoms with Crippen LogP contribution in [0.1, 0.15) is 58.3 Å². The van der Waals surface area contributed by atoms with Gasteiger partial charge >= 0.3 is 0 Å². The molecule has 0 aromatic rings. The van der Waals surface area contributed by atoms with Crippen molar-refractivity contribution >= 4 is 5.91 Å². The number of hydrogen-bond donors (Lipinski definition) is 0. The van der Waals surface area contributed by atoms with Gasteiger partial charge in [-0.2, -0.15) is 0 Å². The summed E-state index contributed by atoms with van der Waals surface area (Å²) in [6, 6.07) is 0.504. The van der Waals surface area contributed by atoms with Gasteiger partial charge in [0.1, 0.15) is 0 Å². The summed E-state index contributed by atoms with van der Waals surface area (Å²) >= 11 is 0. The third kappa shape index (κ3) is 4.23. The Balaban J connectivity index is 2.24. The fourth-order valence-corrected chi connectivity index (χ4v) is 2.22. The maximum atomic E-state index is 11.8. The van der Waals surface area contributed by atoms with E-state index in [4.69, 9.17) is 0 Å². The smallest absolute Gasteiger partial charge is 0.226 e. The first kappa shape index (κ1) is 12.5. The lowest BCUT2D eigenvalue weighted by atomic mass is 9.94. The average Bonchev–Trinajstić information content (AvgIpc) is 2.29. The van der Waals surface area contributed by atoms with Gasteiger partial charge in [-0.1, -0.05) is 39.0 Å². The standard InChI is InChI=1S/C13H24NO/c1-3-4-6-11-13(15)14(2)12-9-7-5-8-10-12/h11-12H,3-10H2,1-2H3. The third-order valence-electron chi connectivity index (χ3n) is 3.35. The van der Waals surface area contributed by atoms with Crippen molar-refractivity contribution in [2.24, 2.45) is 0 Å². The van der Waals surface area contributed by atoms with E-state index in [1.54, 1.807) is 0 Å². The number of nitrogens with zero attached hydrogens (tertiary/aromatic N) is 1. The van der Waals surface area contributed by atoms with Crippen LogP contribution in [-0.4, -0.2) is 23.9 Å². The molecule has 87 valence electrons. The lowest BCUT2D eigenvalue weighted by molar-refractivity contribution is -0.129. The Hall–Kier alpha value is -0.530. The second-order valence-electron chi connectivity index (χ2n) is 4.59. The van der Waals surface area contributed by atoms with E-state index in [-0.39, 0.29) is 5.91 Å². The van der Waals surface area contributed by atoms with Crippen molar-refractivity contribution in [2.75, 3.05) is 7.05 Å². The molecule has 1 radical (unpaired) electrons. The van der Waals surface area contributed by atoms with Gasteiger partial charge in [-0.3, -0.25) is 4.79 Å². The summed E-state index contributed by atoms with van der Waals surface area (Å²) in [5, 5.41) is 0. The monoisotopic (exact) mass is 210 g/mol. The largest absolute Gasteiger partial charge is 0.343 e. The summed E-state index contributed by atoms with van der Waals surface area (Å²) < 4.78 is 0. The molecule has 0 heterocycles. The van der Waals surface area contributed by atoms with Gasteiger partial charge in [0.2, 0.25) is 5.91 Å². The Bertz CT molecular complexity index is 185. The van der Waals surface area contributed by atoms with E-state index in [0.717, 1.165) is 19.3 Å². The first-order chi connectivity index (χ1) is 7.25.